The summed E-state index contributed by atoms with van der Waals surface area (Å²) in [6, 6.07) is 7.66. The highest BCUT2D eigenvalue weighted by Gasteiger charge is 2.51. The Hall–Kier alpha value is -2.22. The van der Waals surface area contributed by atoms with Gasteiger partial charge in [-0.1, -0.05) is 24.3 Å². The molecule has 1 aromatic carbocycles. The smallest absolute Gasteiger partial charge is 0.343 e. The Balaban J connectivity index is 2.16. The monoisotopic (exact) mass is 433 g/mol. The number of carbonyl (C=O) groups is 2. The molecule has 31 heavy (non-hydrogen) atoms. The van der Waals surface area contributed by atoms with E-state index >= 15 is 0 Å². The summed E-state index contributed by atoms with van der Waals surface area (Å²) in [6.07, 6.45) is 3.48. The van der Waals surface area contributed by atoms with Gasteiger partial charge in [0, 0.05) is 17.2 Å². The number of rotatable bonds is 7. The Morgan fingerprint density at radius 2 is 1.77 bits per heavy atom. The summed E-state index contributed by atoms with van der Waals surface area (Å²) in [5.74, 6) is -1.24. The van der Waals surface area contributed by atoms with Crippen LogP contribution in [0.3, 0.4) is 0 Å². The summed E-state index contributed by atoms with van der Waals surface area (Å²) in [7, 11) is 1.26. The lowest BCUT2D eigenvalue weighted by atomic mass is 9.80. The minimum Gasteiger partial charge on any atom is -0.467 e. The molecule has 7 nitrogen and oxygen atoms in total. The van der Waals surface area contributed by atoms with Crippen LogP contribution in [0.2, 0.25) is 0 Å². The molecule has 1 saturated heterocycles. The number of aliphatic hydroxyl groups excluding tert-OH is 1. The lowest BCUT2D eigenvalue weighted by Crippen LogP contribution is -2.65. The third-order valence-electron chi connectivity index (χ3n) is 5.56. The van der Waals surface area contributed by atoms with Crippen molar-refractivity contribution in [3.63, 3.8) is 0 Å². The minimum absolute atomic E-state index is 0.318. The second-order valence-corrected chi connectivity index (χ2v) is 9.59. The molecule has 1 unspecified atom stereocenters. The summed E-state index contributed by atoms with van der Waals surface area (Å²) >= 11 is 0. The fraction of sp³-hybridized carbons (Fsp3) is 0.583. The molecule has 0 spiro atoms. The first kappa shape index (κ1) is 25.0. The van der Waals surface area contributed by atoms with Gasteiger partial charge < -0.3 is 14.6 Å². The average Bonchev–Trinajstić information content (AvgIpc) is 2.67. The largest absolute Gasteiger partial charge is 0.467 e. The fourth-order valence-electron chi connectivity index (χ4n) is 4.19. The number of hydrogen-bond donors (Lipinski definition) is 1. The Morgan fingerprint density at radius 1 is 1.19 bits per heavy atom. The van der Waals surface area contributed by atoms with Crippen LogP contribution < -0.4 is 0 Å². The highest BCUT2D eigenvalue weighted by Crippen LogP contribution is 2.40. The van der Waals surface area contributed by atoms with Crippen molar-refractivity contribution in [1.29, 1.82) is 0 Å². The Kier molecular flexibility index (Phi) is 7.68. The molecule has 0 bridgehead atoms. The summed E-state index contributed by atoms with van der Waals surface area (Å²) in [6.45, 7) is 10.9. The van der Waals surface area contributed by atoms with Crippen LogP contribution >= 0.6 is 0 Å². The molecule has 1 N–H and O–H groups in total. The molecule has 1 aromatic rings. The minimum atomic E-state index is -1.54. The van der Waals surface area contributed by atoms with Crippen molar-refractivity contribution < 1.29 is 29.0 Å². The van der Waals surface area contributed by atoms with Gasteiger partial charge in [-0.15, -0.1) is 0 Å². The summed E-state index contributed by atoms with van der Waals surface area (Å²) in [5.41, 5.74) is -0.707. The molecule has 1 aliphatic heterocycles. The van der Waals surface area contributed by atoms with Crippen molar-refractivity contribution >= 4 is 18.0 Å². The molecule has 2 rings (SSSR count). The maximum Gasteiger partial charge on any atom is 0.343 e. The van der Waals surface area contributed by atoms with Crippen LogP contribution in [-0.2, 0) is 23.9 Å². The number of carbonyl (C=O) groups excluding carboxylic acids is 2. The first-order valence-corrected chi connectivity index (χ1v) is 10.5. The van der Waals surface area contributed by atoms with Crippen molar-refractivity contribution in [3.05, 3.63) is 41.5 Å². The van der Waals surface area contributed by atoms with Gasteiger partial charge in [0.2, 0.25) is 5.60 Å². The highest BCUT2D eigenvalue weighted by atomic mass is 16.7. The van der Waals surface area contributed by atoms with Gasteiger partial charge in [-0.05, 0) is 71.6 Å². The van der Waals surface area contributed by atoms with Crippen LogP contribution in [0.15, 0.2) is 30.3 Å². The molecule has 7 heteroatoms. The molecule has 0 amide bonds. The lowest BCUT2D eigenvalue weighted by molar-refractivity contribution is -0.339. The van der Waals surface area contributed by atoms with Crippen LogP contribution in [-0.4, -0.2) is 58.6 Å². The molecular formula is C24H35NO6. The normalized spacial score (nSPS) is 20.9. The van der Waals surface area contributed by atoms with Crippen LogP contribution in [0.1, 0.15) is 58.6 Å². The van der Waals surface area contributed by atoms with Gasteiger partial charge in [0.05, 0.1) is 13.2 Å². The number of benzene rings is 1. The predicted octanol–water partition coefficient (Wildman–Crippen LogP) is 3.43. The Labute approximate surface area is 184 Å². The molecule has 172 valence electrons. The van der Waals surface area contributed by atoms with Crippen LogP contribution in [0.5, 0.6) is 0 Å². The summed E-state index contributed by atoms with van der Waals surface area (Å²) < 4.78 is 10.3. The van der Waals surface area contributed by atoms with E-state index in [0.717, 1.165) is 11.1 Å². The second-order valence-electron chi connectivity index (χ2n) is 9.59. The van der Waals surface area contributed by atoms with E-state index in [2.05, 4.69) is 0 Å². The second kappa shape index (κ2) is 9.51. The number of aliphatic hydroxyl groups is 1. The Morgan fingerprint density at radius 3 is 2.32 bits per heavy atom. The Bertz CT molecular complexity index is 813. The molecule has 1 fully saturated rings. The van der Waals surface area contributed by atoms with Crippen LogP contribution in [0.4, 0.5) is 0 Å². The quantitative estimate of drug-likeness (QED) is 0.521. The number of hydroxylamine groups is 2. The summed E-state index contributed by atoms with van der Waals surface area (Å²) in [5, 5.41) is 12.0. The number of ether oxygens (including phenoxy) is 2. The van der Waals surface area contributed by atoms with Crippen molar-refractivity contribution in [2.24, 2.45) is 0 Å². The van der Waals surface area contributed by atoms with E-state index in [1.54, 1.807) is 11.1 Å². The number of aryl methyl sites for hydroxylation is 1. The standard InChI is InChI=1S/C24H35NO6/c1-17-10-8-9-11-18(17)12-13-20(27)30-16-24(6,21(28)29-7)31-25-22(2,3)14-19(26)15-23(25,4)5/h8-13,19,26H,14-16H2,1-7H3/b13-12+. The van der Waals surface area contributed by atoms with E-state index in [0.29, 0.717) is 12.8 Å². The summed E-state index contributed by atoms with van der Waals surface area (Å²) in [4.78, 5) is 31.1. The number of esters is 2. The van der Waals surface area contributed by atoms with Crippen LogP contribution in [0.25, 0.3) is 6.08 Å². The van der Waals surface area contributed by atoms with Gasteiger partial charge >= 0.3 is 11.9 Å². The van der Waals surface area contributed by atoms with E-state index in [-0.39, 0.29) is 6.61 Å². The molecule has 0 aliphatic carbocycles. The van der Waals surface area contributed by atoms with Crippen molar-refractivity contribution in [2.45, 2.75) is 77.2 Å². The molecule has 0 radical (unpaired) electrons. The fourth-order valence-corrected chi connectivity index (χ4v) is 4.19. The number of hydrogen-bond acceptors (Lipinski definition) is 7. The van der Waals surface area contributed by atoms with Gasteiger partial charge in [0.25, 0.3) is 0 Å². The maximum atomic E-state index is 12.6. The molecule has 1 heterocycles. The van der Waals surface area contributed by atoms with E-state index in [1.807, 2.05) is 58.9 Å². The van der Waals surface area contributed by atoms with E-state index in [4.69, 9.17) is 14.3 Å². The molecule has 0 aromatic heterocycles. The van der Waals surface area contributed by atoms with E-state index < -0.39 is 34.7 Å². The third kappa shape index (κ3) is 6.15. The topological polar surface area (TPSA) is 85.3 Å². The SMILES string of the molecule is COC(=O)C(C)(COC(=O)/C=C/c1ccccc1C)ON1C(C)(C)CC(O)CC1(C)C. The van der Waals surface area contributed by atoms with Gasteiger partial charge in [-0.3, -0.25) is 4.84 Å². The van der Waals surface area contributed by atoms with Crippen molar-refractivity contribution in [1.82, 2.24) is 5.06 Å². The predicted molar refractivity (Wildman–Crippen MR) is 118 cm³/mol. The molecule has 1 aliphatic rings. The van der Waals surface area contributed by atoms with E-state index in [1.165, 1.54) is 20.1 Å². The highest BCUT2D eigenvalue weighted by molar-refractivity contribution is 5.88. The van der Waals surface area contributed by atoms with Gasteiger partial charge in [-0.25, -0.2) is 9.59 Å². The number of nitrogens with zero attached hydrogens (tertiary/aromatic N) is 1. The molecule has 0 saturated carbocycles. The average molecular weight is 434 g/mol. The zero-order chi connectivity index (χ0) is 23.4. The number of methoxy groups -OCH3 is 1. The lowest BCUT2D eigenvalue weighted by Gasteiger charge is -2.54. The first-order valence-electron chi connectivity index (χ1n) is 10.5. The molecule has 1 atom stereocenters. The van der Waals surface area contributed by atoms with E-state index in [9.17, 15) is 14.7 Å². The van der Waals surface area contributed by atoms with Crippen LogP contribution in [0, 0.1) is 6.92 Å². The van der Waals surface area contributed by atoms with Crippen molar-refractivity contribution in [3.8, 4) is 0 Å². The number of piperidine rings is 1. The van der Waals surface area contributed by atoms with Gasteiger partial charge in [0.1, 0.15) is 6.61 Å². The van der Waals surface area contributed by atoms with Gasteiger partial charge in [0.15, 0.2) is 0 Å². The van der Waals surface area contributed by atoms with Gasteiger partial charge in [-0.2, -0.15) is 5.06 Å². The zero-order valence-corrected chi connectivity index (χ0v) is 19.6. The molecular weight excluding hydrogens is 398 g/mol. The third-order valence-corrected chi connectivity index (χ3v) is 5.56. The van der Waals surface area contributed by atoms with Crippen molar-refractivity contribution in [2.75, 3.05) is 13.7 Å². The first-order chi connectivity index (χ1) is 14.3. The zero-order valence-electron chi connectivity index (χ0n) is 19.6. The maximum absolute atomic E-state index is 12.6.